The zero-order valence-corrected chi connectivity index (χ0v) is 13.8. The molecule has 0 fully saturated rings. The van der Waals surface area contributed by atoms with E-state index in [0.717, 1.165) is 17.8 Å². The van der Waals surface area contributed by atoms with Gasteiger partial charge in [0.05, 0.1) is 0 Å². The number of nitrogens with one attached hydrogen (secondary N) is 2. The van der Waals surface area contributed by atoms with Gasteiger partial charge in [0.2, 0.25) is 10.6 Å². The van der Waals surface area contributed by atoms with Crippen LogP contribution in [-0.2, 0) is 6.42 Å². The second-order valence-corrected chi connectivity index (χ2v) is 6.42. The minimum Gasteiger partial charge on any atom is -0.360 e. The van der Waals surface area contributed by atoms with Gasteiger partial charge in [-0.15, -0.1) is 10.2 Å². The smallest absolute Gasteiger partial charge is 0.262 e. The summed E-state index contributed by atoms with van der Waals surface area (Å²) in [5, 5.41) is 12.5. The van der Waals surface area contributed by atoms with Crippen molar-refractivity contribution in [2.24, 2.45) is 0 Å². The number of anilines is 1. The van der Waals surface area contributed by atoms with Gasteiger partial charge in [-0.3, -0.25) is 14.9 Å². The van der Waals surface area contributed by atoms with Crippen molar-refractivity contribution in [2.45, 2.75) is 19.8 Å². The average molecular weight is 349 g/mol. The second kappa shape index (κ2) is 6.47. The number of hydrogen-bond acceptors (Lipinski definition) is 5. The van der Waals surface area contributed by atoms with E-state index in [-0.39, 0.29) is 11.0 Å². The number of pyridine rings is 1. The van der Waals surface area contributed by atoms with Crippen molar-refractivity contribution in [1.82, 2.24) is 15.2 Å². The number of aromatic amines is 1. The number of carbonyl (C=O) groups is 1. The van der Waals surface area contributed by atoms with E-state index in [9.17, 15) is 9.59 Å². The molecule has 1 aromatic carbocycles. The Balaban J connectivity index is 1.91. The number of hydrogen-bond donors (Lipinski definition) is 2. The molecule has 2 aromatic heterocycles. The number of aromatic nitrogens is 3. The van der Waals surface area contributed by atoms with E-state index in [0.29, 0.717) is 21.1 Å². The summed E-state index contributed by atoms with van der Waals surface area (Å²) in [6.45, 7) is 2.04. The Morgan fingerprint density at radius 2 is 2.22 bits per heavy atom. The van der Waals surface area contributed by atoms with Crippen molar-refractivity contribution < 1.29 is 4.79 Å². The fourth-order valence-corrected chi connectivity index (χ4v) is 3.15. The standard InChI is InChI=1S/C15H13ClN4O2S/c1-2-3-12-19-20-15(23-12)18-14(22)10-7-17-11-5-4-8(16)6-9(11)13(10)21/h4-7H,2-3H2,1H3,(H,17,21)(H,18,20,22). The summed E-state index contributed by atoms with van der Waals surface area (Å²) >= 11 is 7.22. The Morgan fingerprint density at radius 1 is 1.39 bits per heavy atom. The lowest BCUT2D eigenvalue weighted by atomic mass is 10.1. The van der Waals surface area contributed by atoms with Crippen LogP contribution in [0.5, 0.6) is 0 Å². The highest BCUT2D eigenvalue weighted by Crippen LogP contribution is 2.18. The van der Waals surface area contributed by atoms with Crippen LogP contribution in [0.2, 0.25) is 5.02 Å². The maximum Gasteiger partial charge on any atom is 0.262 e. The van der Waals surface area contributed by atoms with Crippen LogP contribution in [0.15, 0.2) is 29.2 Å². The summed E-state index contributed by atoms with van der Waals surface area (Å²) in [5.41, 5.74) is 0.251. The topological polar surface area (TPSA) is 87.7 Å². The monoisotopic (exact) mass is 348 g/mol. The molecular formula is C15H13ClN4O2S. The van der Waals surface area contributed by atoms with E-state index in [1.807, 2.05) is 6.92 Å². The van der Waals surface area contributed by atoms with Crippen molar-refractivity contribution in [2.75, 3.05) is 5.32 Å². The van der Waals surface area contributed by atoms with Gasteiger partial charge in [-0.05, 0) is 24.6 Å². The minimum absolute atomic E-state index is 0.00649. The average Bonchev–Trinajstić information content (AvgIpc) is 2.95. The van der Waals surface area contributed by atoms with Gasteiger partial charge < -0.3 is 4.98 Å². The van der Waals surface area contributed by atoms with Gasteiger partial charge in [0.15, 0.2) is 0 Å². The summed E-state index contributed by atoms with van der Waals surface area (Å²) in [4.78, 5) is 27.7. The molecule has 0 saturated heterocycles. The molecule has 1 amide bonds. The van der Waals surface area contributed by atoms with Gasteiger partial charge in [-0.2, -0.15) is 0 Å². The van der Waals surface area contributed by atoms with E-state index in [1.165, 1.54) is 23.6 Å². The molecule has 8 heteroatoms. The molecule has 0 aliphatic rings. The summed E-state index contributed by atoms with van der Waals surface area (Å²) in [7, 11) is 0. The molecule has 2 N–H and O–H groups in total. The largest absolute Gasteiger partial charge is 0.360 e. The van der Waals surface area contributed by atoms with Crippen molar-refractivity contribution >= 4 is 44.9 Å². The van der Waals surface area contributed by atoms with Crippen molar-refractivity contribution in [1.29, 1.82) is 0 Å². The van der Waals surface area contributed by atoms with Crippen LogP contribution in [0, 0.1) is 0 Å². The number of halogens is 1. The Labute approximate surface area is 140 Å². The maximum absolute atomic E-state index is 12.4. The second-order valence-electron chi connectivity index (χ2n) is 4.93. The zero-order chi connectivity index (χ0) is 16.4. The third-order valence-electron chi connectivity index (χ3n) is 3.24. The molecule has 6 nitrogen and oxygen atoms in total. The fourth-order valence-electron chi connectivity index (χ4n) is 2.14. The fraction of sp³-hybridized carbons (Fsp3) is 0.200. The lowest BCUT2D eigenvalue weighted by Crippen LogP contribution is -2.21. The van der Waals surface area contributed by atoms with Crippen molar-refractivity contribution in [3.63, 3.8) is 0 Å². The molecule has 0 bridgehead atoms. The number of H-pyrrole nitrogens is 1. The van der Waals surface area contributed by atoms with Crippen molar-refractivity contribution in [3.05, 3.63) is 50.2 Å². The normalized spacial score (nSPS) is 10.9. The molecule has 0 aliphatic carbocycles. The van der Waals surface area contributed by atoms with Gasteiger partial charge in [-0.25, -0.2) is 0 Å². The number of aryl methyl sites for hydroxylation is 1. The lowest BCUT2D eigenvalue weighted by molar-refractivity contribution is 0.102. The number of amides is 1. The molecule has 3 rings (SSSR count). The molecule has 0 saturated carbocycles. The van der Waals surface area contributed by atoms with Crippen molar-refractivity contribution in [3.8, 4) is 0 Å². The third kappa shape index (κ3) is 3.25. The molecule has 118 valence electrons. The minimum atomic E-state index is -0.521. The van der Waals surface area contributed by atoms with Gasteiger partial charge >= 0.3 is 0 Å². The van der Waals surface area contributed by atoms with Crippen LogP contribution in [0.1, 0.15) is 28.7 Å². The molecule has 2 heterocycles. The highest BCUT2D eigenvalue weighted by Gasteiger charge is 2.15. The quantitative estimate of drug-likeness (QED) is 0.757. The molecule has 0 unspecified atom stereocenters. The van der Waals surface area contributed by atoms with Crippen LogP contribution < -0.4 is 10.7 Å². The predicted molar refractivity (Wildman–Crippen MR) is 91.4 cm³/mol. The van der Waals surface area contributed by atoms with E-state index in [2.05, 4.69) is 20.5 Å². The molecule has 3 aromatic rings. The molecule has 0 radical (unpaired) electrons. The van der Waals surface area contributed by atoms with Crippen LogP contribution in [0.4, 0.5) is 5.13 Å². The zero-order valence-electron chi connectivity index (χ0n) is 12.2. The summed E-state index contributed by atoms with van der Waals surface area (Å²) in [6, 6.07) is 4.91. The third-order valence-corrected chi connectivity index (χ3v) is 4.37. The SMILES string of the molecule is CCCc1nnc(NC(=O)c2c[nH]c3ccc(Cl)cc3c2=O)s1. The summed E-state index contributed by atoms with van der Waals surface area (Å²) in [5.74, 6) is -0.521. The number of benzene rings is 1. The van der Waals surface area contributed by atoms with E-state index >= 15 is 0 Å². The molecule has 0 aliphatic heterocycles. The van der Waals surface area contributed by atoms with Crippen LogP contribution >= 0.6 is 22.9 Å². The number of fused-ring (bicyclic) bond motifs is 1. The Kier molecular flexibility index (Phi) is 4.40. The molecular weight excluding hydrogens is 336 g/mol. The number of nitrogens with zero attached hydrogens (tertiary/aromatic N) is 2. The highest BCUT2D eigenvalue weighted by molar-refractivity contribution is 7.15. The van der Waals surface area contributed by atoms with Crippen LogP contribution in [0.3, 0.4) is 0 Å². The number of carbonyl (C=O) groups excluding carboxylic acids is 1. The number of rotatable bonds is 4. The first kappa shape index (κ1) is 15.6. The van der Waals surface area contributed by atoms with Gasteiger partial charge in [-0.1, -0.05) is 29.9 Å². The molecule has 23 heavy (non-hydrogen) atoms. The van der Waals surface area contributed by atoms with Crippen LogP contribution in [-0.4, -0.2) is 21.1 Å². The summed E-state index contributed by atoms with van der Waals surface area (Å²) in [6.07, 6.45) is 3.15. The van der Waals surface area contributed by atoms with Gasteiger partial charge in [0.1, 0.15) is 10.6 Å². The Bertz CT molecular complexity index is 935. The maximum atomic E-state index is 12.4. The molecule has 0 atom stereocenters. The molecule has 0 spiro atoms. The summed E-state index contributed by atoms with van der Waals surface area (Å²) < 4.78 is 0. The Morgan fingerprint density at radius 3 is 3.00 bits per heavy atom. The first-order valence-corrected chi connectivity index (χ1v) is 8.22. The van der Waals surface area contributed by atoms with Gasteiger partial charge in [0, 0.05) is 28.5 Å². The van der Waals surface area contributed by atoms with E-state index in [4.69, 9.17) is 11.6 Å². The van der Waals surface area contributed by atoms with Crippen LogP contribution in [0.25, 0.3) is 10.9 Å². The highest BCUT2D eigenvalue weighted by atomic mass is 35.5. The predicted octanol–water partition coefficient (Wildman–Crippen LogP) is 3.24. The van der Waals surface area contributed by atoms with Gasteiger partial charge in [0.25, 0.3) is 5.91 Å². The Hall–Kier alpha value is -2.25. The lowest BCUT2D eigenvalue weighted by Gasteiger charge is -2.03. The van der Waals surface area contributed by atoms with E-state index < -0.39 is 5.91 Å². The first-order valence-electron chi connectivity index (χ1n) is 7.03. The van der Waals surface area contributed by atoms with E-state index in [1.54, 1.807) is 12.1 Å². The first-order chi connectivity index (χ1) is 11.1.